The lowest BCUT2D eigenvalue weighted by molar-refractivity contribution is 0.0767. The van der Waals surface area contributed by atoms with Crippen LogP contribution in [0.25, 0.3) is 0 Å². The molecule has 2 bridgehead atoms. The van der Waals surface area contributed by atoms with Crippen LogP contribution in [0.3, 0.4) is 0 Å². The van der Waals surface area contributed by atoms with Gasteiger partial charge < -0.3 is 15.0 Å². The molecule has 0 radical (unpaired) electrons. The van der Waals surface area contributed by atoms with Crippen molar-refractivity contribution in [2.75, 3.05) is 20.1 Å². The summed E-state index contributed by atoms with van der Waals surface area (Å²) >= 11 is 0. The van der Waals surface area contributed by atoms with Crippen LogP contribution in [-0.2, 0) is 18.3 Å². The Labute approximate surface area is 125 Å². The second-order valence-electron chi connectivity index (χ2n) is 6.37. The first kappa shape index (κ1) is 13.1. The number of nitrogens with zero attached hydrogens (tertiary/aromatic N) is 4. The second kappa shape index (κ2) is 5.02. The van der Waals surface area contributed by atoms with E-state index >= 15 is 0 Å². The van der Waals surface area contributed by atoms with Crippen LogP contribution < -0.4 is 5.32 Å². The van der Waals surface area contributed by atoms with Crippen LogP contribution in [0.2, 0.25) is 0 Å². The molecule has 3 saturated heterocycles. The maximum Gasteiger partial charge on any atom is 0.193 e. The number of aryl methyl sites for hydroxylation is 1. The number of aromatic nitrogens is 2. The largest absolute Gasteiger partial charge is 0.374 e. The summed E-state index contributed by atoms with van der Waals surface area (Å²) < 4.78 is 7.93. The van der Waals surface area contributed by atoms with E-state index in [-0.39, 0.29) is 0 Å². The molecule has 114 valence electrons. The number of aliphatic imine (C=N–C) groups is 1. The highest BCUT2D eigenvalue weighted by Crippen LogP contribution is 2.47. The van der Waals surface area contributed by atoms with E-state index in [1.54, 1.807) is 0 Å². The predicted octanol–water partition coefficient (Wildman–Crippen LogP) is 0.605. The number of fused-ring (bicyclic) bond motifs is 5. The summed E-state index contributed by atoms with van der Waals surface area (Å²) in [5.41, 5.74) is 1.17. The molecule has 3 aliphatic heterocycles. The van der Waals surface area contributed by atoms with Crippen LogP contribution in [0.1, 0.15) is 18.5 Å². The fraction of sp³-hybridized carbons (Fsp3) is 0.733. The number of hydrogen-bond acceptors (Lipinski definition) is 3. The van der Waals surface area contributed by atoms with Gasteiger partial charge in [-0.2, -0.15) is 5.10 Å². The third-order valence-electron chi connectivity index (χ3n) is 5.31. The summed E-state index contributed by atoms with van der Waals surface area (Å²) in [5.74, 6) is 2.42. The standard InChI is InChI=1S/C15H23N5O/c1-16-15(17-7-10-5-6-18-19(10)2)20-8-11-12(9-20)14-4-3-13(11)21-14/h5-6,11-14H,3-4,7-9H2,1-2H3,(H,16,17). The highest BCUT2D eigenvalue weighted by atomic mass is 16.5. The van der Waals surface area contributed by atoms with E-state index in [0.29, 0.717) is 24.0 Å². The smallest absolute Gasteiger partial charge is 0.193 e. The number of nitrogens with one attached hydrogen (secondary N) is 1. The van der Waals surface area contributed by atoms with Gasteiger partial charge in [0.15, 0.2) is 5.96 Å². The lowest BCUT2D eigenvalue weighted by atomic mass is 9.82. The molecule has 4 rings (SSSR count). The molecule has 3 aliphatic rings. The number of hydrogen-bond donors (Lipinski definition) is 1. The quantitative estimate of drug-likeness (QED) is 0.640. The zero-order valence-corrected chi connectivity index (χ0v) is 12.7. The van der Waals surface area contributed by atoms with E-state index in [4.69, 9.17) is 4.74 Å². The molecule has 0 saturated carbocycles. The molecular weight excluding hydrogens is 266 g/mol. The van der Waals surface area contributed by atoms with Gasteiger partial charge in [0.05, 0.1) is 24.4 Å². The average molecular weight is 289 g/mol. The van der Waals surface area contributed by atoms with Crippen LogP contribution in [0.4, 0.5) is 0 Å². The Morgan fingerprint density at radius 2 is 2.10 bits per heavy atom. The first-order valence-corrected chi connectivity index (χ1v) is 7.84. The van der Waals surface area contributed by atoms with Gasteiger partial charge in [0, 0.05) is 45.2 Å². The van der Waals surface area contributed by atoms with Gasteiger partial charge in [-0.1, -0.05) is 0 Å². The van der Waals surface area contributed by atoms with Gasteiger partial charge in [0.1, 0.15) is 0 Å². The summed E-state index contributed by atoms with van der Waals surface area (Å²) in [6, 6.07) is 2.03. The molecule has 0 spiro atoms. The van der Waals surface area contributed by atoms with Crippen molar-refractivity contribution in [2.24, 2.45) is 23.9 Å². The van der Waals surface area contributed by atoms with Gasteiger partial charge in [-0.3, -0.25) is 9.67 Å². The monoisotopic (exact) mass is 289 g/mol. The van der Waals surface area contributed by atoms with Crippen molar-refractivity contribution in [2.45, 2.75) is 31.6 Å². The molecule has 3 fully saturated rings. The van der Waals surface area contributed by atoms with Crippen molar-refractivity contribution in [3.05, 3.63) is 18.0 Å². The second-order valence-corrected chi connectivity index (χ2v) is 6.37. The Balaban J connectivity index is 1.40. The van der Waals surface area contributed by atoms with Crippen LogP contribution in [-0.4, -0.2) is 53.0 Å². The van der Waals surface area contributed by atoms with Crippen LogP contribution in [0.5, 0.6) is 0 Å². The van der Waals surface area contributed by atoms with Gasteiger partial charge in [0.2, 0.25) is 0 Å². The minimum absolute atomic E-state index is 0.500. The van der Waals surface area contributed by atoms with Gasteiger partial charge >= 0.3 is 0 Å². The van der Waals surface area contributed by atoms with E-state index in [1.807, 2.05) is 31.0 Å². The number of ether oxygens (including phenoxy) is 1. The summed E-state index contributed by atoms with van der Waals surface area (Å²) in [4.78, 5) is 6.86. The van der Waals surface area contributed by atoms with E-state index in [1.165, 1.54) is 18.5 Å². The first-order chi connectivity index (χ1) is 10.3. The van der Waals surface area contributed by atoms with Gasteiger partial charge in [0.25, 0.3) is 0 Å². The summed E-state index contributed by atoms with van der Waals surface area (Å²) in [5, 5.41) is 7.67. The van der Waals surface area contributed by atoms with Crippen LogP contribution >= 0.6 is 0 Å². The van der Waals surface area contributed by atoms with Crippen molar-refractivity contribution in [1.29, 1.82) is 0 Å². The third kappa shape index (κ3) is 2.12. The molecule has 0 aromatic carbocycles. The molecule has 4 heterocycles. The topological polar surface area (TPSA) is 54.7 Å². The zero-order valence-electron chi connectivity index (χ0n) is 12.7. The third-order valence-corrected chi connectivity index (χ3v) is 5.31. The molecule has 0 aliphatic carbocycles. The molecule has 6 heteroatoms. The number of rotatable bonds is 2. The maximum absolute atomic E-state index is 6.04. The average Bonchev–Trinajstić information content (AvgIpc) is 3.20. The molecular formula is C15H23N5O. The fourth-order valence-corrected chi connectivity index (χ4v) is 4.21. The number of likely N-dealkylation sites (tertiary alicyclic amines) is 1. The normalized spacial score (nSPS) is 34.6. The van der Waals surface area contributed by atoms with E-state index in [2.05, 4.69) is 20.3 Å². The molecule has 4 atom stereocenters. The Hall–Kier alpha value is -1.56. The highest BCUT2D eigenvalue weighted by Gasteiger charge is 2.53. The molecule has 6 nitrogen and oxygen atoms in total. The Morgan fingerprint density at radius 3 is 2.67 bits per heavy atom. The van der Waals surface area contributed by atoms with Crippen LogP contribution in [0, 0.1) is 11.8 Å². The Bertz CT molecular complexity index is 536. The predicted molar refractivity (Wildman–Crippen MR) is 79.9 cm³/mol. The summed E-state index contributed by atoms with van der Waals surface area (Å²) in [6.07, 6.45) is 5.33. The minimum Gasteiger partial charge on any atom is -0.374 e. The molecule has 1 aromatic heterocycles. The van der Waals surface area contributed by atoms with E-state index in [9.17, 15) is 0 Å². The van der Waals surface area contributed by atoms with Gasteiger partial charge in [-0.05, 0) is 18.9 Å². The maximum atomic E-state index is 6.04. The molecule has 21 heavy (non-hydrogen) atoms. The molecule has 1 N–H and O–H groups in total. The van der Waals surface area contributed by atoms with Gasteiger partial charge in [-0.15, -0.1) is 0 Å². The highest BCUT2D eigenvalue weighted by molar-refractivity contribution is 5.80. The molecule has 0 amide bonds. The van der Waals surface area contributed by atoms with Crippen molar-refractivity contribution < 1.29 is 4.74 Å². The Morgan fingerprint density at radius 1 is 1.38 bits per heavy atom. The van der Waals surface area contributed by atoms with Crippen molar-refractivity contribution in [3.63, 3.8) is 0 Å². The van der Waals surface area contributed by atoms with Crippen molar-refractivity contribution in [3.8, 4) is 0 Å². The zero-order chi connectivity index (χ0) is 14.4. The SMILES string of the molecule is CN=C(NCc1ccnn1C)N1CC2C3CCC(O3)C2C1. The summed E-state index contributed by atoms with van der Waals surface area (Å²) in [7, 11) is 3.83. The van der Waals surface area contributed by atoms with Crippen molar-refractivity contribution >= 4 is 5.96 Å². The lowest BCUT2D eigenvalue weighted by Gasteiger charge is -2.23. The van der Waals surface area contributed by atoms with Crippen molar-refractivity contribution in [1.82, 2.24) is 20.0 Å². The minimum atomic E-state index is 0.500. The molecule has 4 unspecified atom stereocenters. The lowest BCUT2D eigenvalue weighted by Crippen LogP contribution is -2.41. The first-order valence-electron chi connectivity index (χ1n) is 7.84. The fourth-order valence-electron chi connectivity index (χ4n) is 4.21. The van der Waals surface area contributed by atoms with E-state index < -0.39 is 0 Å². The number of guanidine groups is 1. The van der Waals surface area contributed by atoms with E-state index in [0.717, 1.165) is 25.6 Å². The Kier molecular flexibility index (Phi) is 3.14. The molecule has 1 aromatic rings. The van der Waals surface area contributed by atoms with Gasteiger partial charge in [-0.25, -0.2) is 0 Å². The summed E-state index contributed by atoms with van der Waals surface area (Å²) in [6.45, 7) is 2.92. The van der Waals surface area contributed by atoms with Crippen LogP contribution in [0.15, 0.2) is 17.3 Å².